The fraction of sp³-hybridized carbons (Fsp3) is 0.240. The lowest BCUT2D eigenvalue weighted by atomic mass is 9.96. The molecule has 170 valence electrons. The second-order valence-corrected chi connectivity index (χ2v) is 9.39. The molecule has 3 aromatic rings. The maximum absolute atomic E-state index is 13.5. The summed E-state index contributed by atoms with van der Waals surface area (Å²) in [6.07, 6.45) is 4.28. The zero-order valence-electron chi connectivity index (χ0n) is 18.4. The van der Waals surface area contributed by atoms with E-state index in [-0.39, 0.29) is 12.2 Å². The van der Waals surface area contributed by atoms with Crippen LogP contribution in [0, 0.1) is 0 Å². The first kappa shape index (κ1) is 22.9. The molecule has 0 aliphatic carbocycles. The zero-order valence-corrected chi connectivity index (χ0v) is 20.1. The molecule has 8 heteroatoms. The van der Waals surface area contributed by atoms with Crippen molar-refractivity contribution in [2.45, 2.75) is 26.3 Å². The monoisotopic (exact) mass is 480 g/mol. The van der Waals surface area contributed by atoms with Crippen LogP contribution in [0.2, 0.25) is 0 Å². The normalized spacial score (nSPS) is 15.7. The van der Waals surface area contributed by atoms with Gasteiger partial charge < -0.3 is 9.47 Å². The number of ether oxygens (including phenoxy) is 2. The highest BCUT2D eigenvalue weighted by atomic mass is 32.1. The van der Waals surface area contributed by atoms with Crippen LogP contribution in [-0.2, 0) is 9.53 Å². The van der Waals surface area contributed by atoms with Gasteiger partial charge in [-0.25, -0.2) is 9.79 Å². The molecule has 0 amide bonds. The number of fused-ring (bicyclic) bond motifs is 1. The number of nitrogens with zero attached hydrogens (tertiary/aromatic N) is 2. The summed E-state index contributed by atoms with van der Waals surface area (Å²) in [4.78, 5) is 32.6. The second-order valence-electron chi connectivity index (χ2n) is 7.40. The maximum Gasteiger partial charge on any atom is 0.338 e. The molecule has 1 aromatic carbocycles. The Morgan fingerprint density at radius 3 is 2.73 bits per heavy atom. The molecule has 0 fully saturated rings. The molecule has 1 aliphatic heterocycles. The van der Waals surface area contributed by atoms with E-state index in [4.69, 9.17) is 9.47 Å². The number of thiophene rings is 1. The molecule has 1 aliphatic rings. The van der Waals surface area contributed by atoms with Crippen LogP contribution in [-0.4, -0.2) is 23.8 Å². The van der Waals surface area contributed by atoms with Crippen LogP contribution in [0.4, 0.5) is 0 Å². The highest BCUT2D eigenvalue weighted by Gasteiger charge is 2.33. The minimum absolute atomic E-state index is 0.0783. The molecule has 4 rings (SSSR count). The molecule has 1 atom stereocenters. The van der Waals surface area contributed by atoms with Gasteiger partial charge in [0.15, 0.2) is 4.80 Å². The fourth-order valence-electron chi connectivity index (χ4n) is 3.58. The van der Waals surface area contributed by atoms with Crippen molar-refractivity contribution >= 4 is 34.7 Å². The Labute approximate surface area is 199 Å². The van der Waals surface area contributed by atoms with Crippen molar-refractivity contribution in [1.82, 2.24) is 4.57 Å². The number of hydrogen-bond donors (Lipinski definition) is 0. The van der Waals surface area contributed by atoms with Crippen LogP contribution in [0.1, 0.15) is 36.8 Å². The summed E-state index contributed by atoms with van der Waals surface area (Å²) in [5.74, 6) is 0.224. The molecule has 0 bridgehead atoms. The van der Waals surface area contributed by atoms with Gasteiger partial charge in [-0.2, -0.15) is 0 Å². The van der Waals surface area contributed by atoms with Crippen molar-refractivity contribution in [3.05, 3.63) is 95.8 Å². The molecule has 0 N–H and O–H groups in total. The van der Waals surface area contributed by atoms with Crippen LogP contribution < -0.4 is 19.6 Å². The van der Waals surface area contributed by atoms with Crippen LogP contribution >= 0.6 is 22.7 Å². The predicted molar refractivity (Wildman–Crippen MR) is 131 cm³/mol. The third-order valence-electron chi connectivity index (χ3n) is 5.06. The quantitative estimate of drug-likeness (QED) is 0.363. The van der Waals surface area contributed by atoms with E-state index < -0.39 is 12.0 Å². The lowest BCUT2D eigenvalue weighted by Gasteiger charge is -2.24. The van der Waals surface area contributed by atoms with Crippen LogP contribution in [0.5, 0.6) is 5.75 Å². The topological polar surface area (TPSA) is 69.9 Å². The van der Waals surface area contributed by atoms with Gasteiger partial charge in [0.05, 0.1) is 28.5 Å². The molecule has 3 heterocycles. The number of allylic oxidation sites excluding steroid dienone is 1. The van der Waals surface area contributed by atoms with Gasteiger partial charge in [-0.15, -0.1) is 11.3 Å². The van der Waals surface area contributed by atoms with Gasteiger partial charge in [-0.05, 0) is 48.6 Å². The van der Waals surface area contributed by atoms with E-state index in [1.54, 1.807) is 22.8 Å². The number of benzene rings is 1. The van der Waals surface area contributed by atoms with Gasteiger partial charge in [-0.1, -0.05) is 49.1 Å². The average molecular weight is 481 g/mol. The second kappa shape index (κ2) is 10.1. The summed E-state index contributed by atoms with van der Waals surface area (Å²) in [7, 11) is 0. The largest absolute Gasteiger partial charge is 0.494 e. The Morgan fingerprint density at radius 1 is 1.27 bits per heavy atom. The molecule has 6 nitrogen and oxygen atoms in total. The van der Waals surface area contributed by atoms with E-state index in [1.807, 2.05) is 54.8 Å². The van der Waals surface area contributed by atoms with Gasteiger partial charge >= 0.3 is 5.97 Å². The Hall–Kier alpha value is -3.23. The predicted octanol–water partition coefficient (Wildman–Crippen LogP) is 3.81. The van der Waals surface area contributed by atoms with Gasteiger partial charge in [-0.3, -0.25) is 9.36 Å². The standard InChI is InChI=1S/C25H24N2O4S2/c1-4-12-30-18-10-8-17(9-11-18)22-21(24(29)31-13-5-2)16(3)26-25-27(22)23(28)20(33-25)15-19-7-6-14-32-19/h5-11,14-15,22H,2,4,12-13H2,1,3H3/b20-15-. The van der Waals surface area contributed by atoms with E-state index in [2.05, 4.69) is 11.6 Å². The molecule has 2 aromatic heterocycles. The fourth-order valence-corrected chi connectivity index (χ4v) is 5.35. The number of esters is 1. The lowest BCUT2D eigenvalue weighted by Crippen LogP contribution is -2.39. The Kier molecular flexibility index (Phi) is 7.05. The minimum Gasteiger partial charge on any atom is -0.494 e. The van der Waals surface area contributed by atoms with E-state index in [9.17, 15) is 9.59 Å². The first-order valence-corrected chi connectivity index (χ1v) is 12.3. The summed E-state index contributed by atoms with van der Waals surface area (Å²) in [6, 6.07) is 10.7. The molecule has 0 saturated heterocycles. The number of carbonyl (C=O) groups excluding carboxylic acids is 1. The average Bonchev–Trinajstić information content (AvgIpc) is 3.43. The van der Waals surface area contributed by atoms with Crippen LogP contribution in [0.25, 0.3) is 6.08 Å². The van der Waals surface area contributed by atoms with Crippen molar-refractivity contribution in [1.29, 1.82) is 0 Å². The van der Waals surface area contributed by atoms with Crippen LogP contribution in [0.3, 0.4) is 0 Å². The molecule has 0 radical (unpaired) electrons. The van der Waals surface area contributed by atoms with Crippen molar-refractivity contribution < 1.29 is 14.3 Å². The van der Waals surface area contributed by atoms with E-state index >= 15 is 0 Å². The van der Waals surface area contributed by atoms with Gasteiger partial charge in [0.2, 0.25) is 0 Å². The van der Waals surface area contributed by atoms with E-state index in [0.717, 1.165) is 22.6 Å². The molecule has 0 saturated carbocycles. The molecular formula is C25H24N2O4S2. The lowest BCUT2D eigenvalue weighted by molar-refractivity contribution is -0.138. The Balaban J connectivity index is 1.86. The van der Waals surface area contributed by atoms with Crippen molar-refractivity contribution in [3.63, 3.8) is 0 Å². The van der Waals surface area contributed by atoms with Crippen LogP contribution in [0.15, 0.2) is 75.5 Å². The van der Waals surface area contributed by atoms with Crippen molar-refractivity contribution in [3.8, 4) is 5.75 Å². The number of rotatable bonds is 8. The Morgan fingerprint density at radius 2 is 2.06 bits per heavy atom. The van der Waals surface area contributed by atoms with Crippen molar-refractivity contribution in [2.24, 2.45) is 4.99 Å². The first-order chi connectivity index (χ1) is 16.0. The van der Waals surface area contributed by atoms with E-state index in [0.29, 0.717) is 27.2 Å². The van der Waals surface area contributed by atoms with Gasteiger partial charge in [0, 0.05) is 4.88 Å². The summed E-state index contributed by atoms with van der Waals surface area (Å²) in [5.41, 5.74) is 1.46. The highest BCUT2D eigenvalue weighted by molar-refractivity contribution is 7.11. The molecule has 1 unspecified atom stereocenters. The zero-order chi connectivity index (χ0) is 23.4. The van der Waals surface area contributed by atoms with Gasteiger partial charge in [0.1, 0.15) is 12.4 Å². The summed E-state index contributed by atoms with van der Waals surface area (Å²) in [5, 5.41) is 1.96. The van der Waals surface area contributed by atoms with Crippen molar-refractivity contribution in [2.75, 3.05) is 13.2 Å². The molecule has 33 heavy (non-hydrogen) atoms. The summed E-state index contributed by atoms with van der Waals surface area (Å²) < 4.78 is 13.2. The molecular weight excluding hydrogens is 456 g/mol. The van der Waals surface area contributed by atoms with E-state index in [1.165, 1.54) is 17.4 Å². The highest BCUT2D eigenvalue weighted by Crippen LogP contribution is 2.31. The smallest absolute Gasteiger partial charge is 0.338 e. The Bertz CT molecular complexity index is 1360. The first-order valence-electron chi connectivity index (χ1n) is 10.6. The third kappa shape index (κ3) is 4.77. The number of aromatic nitrogens is 1. The maximum atomic E-state index is 13.5. The summed E-state index contributed by atoms with van der Waals surface area (Å²) >= 11 is 2.87. The molecule has 0 spiro atoms. The summed E-state index contributed by atoms with van der Waals surface area (Å²) in [6.45, 7) is 8.12. The third-order valence-corrected chi connectivity index (χ3v) is 6.86. The van der Waals surface area contributed by atoms with Gasteiger partial charge in [0.25, 0.3) is 5.56 Å². The number of thiazole rings is 1. The number of hydrogen-bond acceptors (Lipinski definition) is 7. The minimum atomic E-state index is -0.649. The SMILES string of the molecule is C=CCOC(=O)C1=C(C)N=c2s/c(=C\c3cccs3)c(=O)n2C1c1ccc(OCCC)cc1. The number of carbonyl (C=O) groups is 1.